The average Bonchev–Trinajstić information content (AvgIpc) is 2.88. The Bertz CT molecular complexity index is 729. The summed E-state index contributed by atoms with van der Waals surface area (Å²) in [6, 6.07) is -0.100. The summed E-state index contributed by atoms with van der Waals surface area (Å²) in [5.74, 6) is 0.421. The maximum atomic E-state index is 13.7. The molecule has 0 N–H and O–H groups in total. The maximum absolute atomic E-state index is 13.7. The molecule has 3 rings (SSSR count). The van der Waals surface area contributed by atoms with Crippen LogP contribution in [0.4, 0.5) is 19.0 Å². The molecule has 6 nitrogen and oxygen atoms in total. The number of halogens is 3. The van der Waals surface area contributed by atoms with E-state index in [1.165, 1.54) is 11.1 Å². The van der Waals surface area contributed by atoms with Gasteiger partial charge in [0, 0.05) is 18.2 Å². The normalized spacial score (nSPS) is 23.7. The molecule has 0 bridgehead atoms. The summed E-state index contributed by atoms with van der Waals surface area (Å²) in [4.78, 5) is 5.51. The molecule has 1 aromatic rings. The van der Waals surface area contributed by atoms with Gasteiger partial charge in [0.25, 0.3) is 0 Å². The zero-order valence-corrected chi connectivity index (χ0v) is 18.2. The fraction of sp³-hybridized carbons (Fsp3) is 0.750. The van der Waals surface area contributed by atoms with Crippen LogP contribution in [0.2, 0.25) is 0 Å². The van der Waals surface area contributed by atoms with Gasteiger partial charge in [-0.2, -0.15) is 13.2 Å². The summed E-state index contributed by atoms with van der Waals surface area (Å²) < 4.78 is 64.4. The summed E-state index contributed by atoms with van der Waals surface area (Å²) in [6.45, 7) is 9.89. The molecule has 2 saturated heterocycles. The molecule has 0 amide bonds. The van der Waals surface area contributed by atoms with Crippen molar-refractivity contribution in [1.29, 1.82) is 0 Å². The molecule has 2 aliphatic heterocycles. The number of ether oxygens (including phenoxy) is 2. The molecule has 0 radical (unpaired) electrons. The first-order valence-electron chi connectivity index (χ1n) is 10.4. The highest BCUT2D eigenvalue weighted by molar-refractivity contribution is 6.63. The lowest BCUT2D eigenvalue weighted by molar-refractivity contribution is -0.167. The van der Waals surface area contributed by atoms with Crippen LogP contribution in [0.1, 0.15) is 47.5 Å². The Hall–Kier alpha value is -1.52. The van der Waals surface area contributed by atoms with Crippen LogP contribution in [0.3, 0.4) is 0 Å². The Balaban J connectivity index is 2.02. The highest BCUT2D eigenvalue weighted by Gasteiger charge is 2.53. The van der Waals surface area contributed by atoms with Gasteiger partial charge in [0.2, 0.25) is 0 Å². The van der Waals surface area contributed by atoms with Gasteiger partial charge in [-0.05, 0) is 40.2 Å². The Morgan fingerprint density at radius 1 is 1.23 bits per heavy atom. The van der Waals surface area contributed by atoms with Crippen molar-refractivity contribution < 1.29 is 32.0 Å². The minimum atomic E-state index is -4.46. The molecule has 1 atom stereocenters. The van der Waals surface area contributed by atoms with E-state index >= 15 is 0 Å². The lowest BCUT2D eigenvalue weighted by Crippen LogP contribution is -2.54. The van der Waals surface area contributed by atoms with E-state index in [2.05, 4.69) is 4.98 Å². The lowest BCUT2D eigenvalue weighted by atomic mass is 9.78. The third kappa shape index (κ3) is 4.55. The monoisotopic (exact) mass is 430 g/mol. The van der Waals surface area contributed by atoms with Gasteiger partial charge in [0.05, 0.1) is 31.0 Å². The number of nitrogens with zero attached hydrogens (tertiary/aromatic N) is 2. The average molecular weight is 430 g/mol. The van der Waals surface area contributed by atoms with Gasteiger partial charge >= 0.3 is 13.3 Å². The Labute approximate surface area is 176 Å². The van der Waals surface area contributed by atoms with Crippen molar-refractivity contribution in [1.82, 2.24) is 4.98 Å². The molecule has 168 valence electrons. The number of hydrogen-bond donors (Lipinski definition) is 0. The second kappa shape index (κ2) is 8.55. The predicted octanol–water partition coefficient (Wildman–Crippen LogP) is 3.33. The van der Waals surface area contributed by atoms with E-state index in [-0.39, 0.29) is 24.7 Å². The molecule has 2 fully saturated rings. The standard InChI is InChI=1S/C20H30BF3N2O4/c1-6-7-11-28-16-14(21-29-18(2,3)19(4,5)30-21)8-9-25-17(16)26-10-12-27-13-15(26)20(22,23)24/h8-9,15H,6-7,10-13H2,1-5H3. The third-order valence-electron chi connectivity index (χ3n) is 5.95. The minimum Gasteiger partial charge on any atom is -0.490 e. The maximum Gasteiger partial charge on any atom is 0.498 e. The van der Waals surface area contributed by atoms with Gasteiger partial charge < -0.3 is 23.7 Å². The lowest BCUT2D eigenvalue weighted by Gasteiger charge is -2.38. The van der Waals surface area contributed by atoms with E-state index in [1.54, 1.807) is 6.07 Å². The van der Waals surface area contributed by atoms with Gasteiger partial charge in [0.15, 0.2) is 11.6 Å². The van der Waals surface area contributed by atoms with E-state index in [4.69, 9.17) is 18.8 Å². The van der Waals surface area contributed by atoms with Crippen molar-refractivity contribution in [3.8, 4) is 5.75 Å². The SMILES string of the molecule is CCCCOc1c(B2OC(C)(C)C(C)(C)O2)ccnc1N1CCOCC1C(F)(F)F. The quantitative estimate of drug-likeness (QED) is 0.510. The molecule has 1 aromatic heterocycles. The summed E-state index contributed by atoms with van der Waals surface area (Å²) in [7, 11) is -0.765. The fourth-order valence-corrected chi connectivity index (χ4v) is 3.41. The smallest absolute Gasteiger partial charge is 0.490 e. The minimum absolute atomic E-state index is 0.0636. The third-order valence-corrected chi connectivity index (χ3v) is 5.95. The Morgan fingerprint density at radius 2 is 1.90 bits per heavy atom. The number of hydrogen-bond acceptors (Lipinski definition) is 6. The van der Waals surface area contributed by atoms with Crippen molar-refractivity contribution in [2.45, 2.75) is 70.9 Å². The first kappa shape index (κ1) is 23.2. The number of rotatable bonds is 6. The second-order valence-corrected chi connectivity index (χ2v) is 8.67. The van der Waals surface area contributed by atoms with E-state index < -0.39 is 37.1 Å². The summed E-state index contributed by atoms with van der Waals surface area (Å²) in [5, 5.41) is 0. The Kier molecular flexibility index (Phi) is 6.60. The second-order valence-electron chi connectivity index (χ2n) is 8.67. The molecular weight excluding hydrogens is 400 g/mol. The molecule has 10 heteroatoms. The van der Waals surface area contributed by atoms with Crippen LogP contribution < -0.4 is 15.1 Å². The first-order valence-corrected chi connectivity index (χ1v) is 10.4. The first-order chi connectivity index (χ1) is 14.0. The molecule has 0 saturated carbocycles. The van der Waals surface area contributed by atoms with Crippen molar-refractivity contribution >= 4 is 18.4 Å². The highest BCUT2D eigenvalue weighted by Crippen LogP contribution is 2.39. The fourth-order valence-electron chi connectivity index (χ4n) is 3.41. The summed E-state index contributed by atoms with van der Waals surface area (Å²) in [6.07, 6.45) is -1.32. The summed E-state index contributed by atoms with van der Waals surface area (Å²) in [5.41, 5.74) is -0.632. The largest absolute Gasteiger partial charge is 0.498 e. The molecule has 0 aromatic carbocycles. The van der Waals surface area contributed by atoms with Crippen LogP contribution in [-0.4, -0.2) is 61.9 Å². The molecule has 0 aliphatic carbocycles. The van der Waals surface area contributed by atoms with Gasteiger partial charge in [-0.25, -0.2) is 4.98 Å². The van der Waals surface area contributed by atoms with E-state index in [1.807, 2.05) is 34.6 Å². The molecule has 1 unspecified atom stereocenters. The predicted molar refractivity (Wildman–Crippen MR) is 108 cm³/mol. The van der Waals surface area contributed by atoms with E-state index in [9.17, 15) is 13.2 Å². The van der Waals surface area contributed by atoms with E-state index in [0.29, 0.717) is 12.1 Å². The molecule has 3 heterocycles. The molecule has 0 spiro atoms. The van der Waals surface area contributed by atoms with Gasteiger partial charge in [0.1, 0.15) is 6.04 Å². The van der Waals surface area contributed by atoms with Crippen molar-refractivity contribution in [2.24, 2.45) is 0 Å². The van der Waals surface area contributed by atoms with Crippen LogP contribution in [0.25, 0.3) is 0 Å². The van der Waals surface area contributed by atoms with Crippen LogP contribution in [0, 0.1) is 0 Å². The topological polar surface area (TPSA) is 53.0 Å². The van der Waals surface area contributed by atoms with Gasteiger partial charge in [-0.15, -0.1) is 0 Å². The number of aromatic nitrogens is 1. The zero-order valence-electron chi connectivity index (χ0n) is 18.2. The van der Waals surface area contributed by atoms with Gasteiger partial charge in [-0.1, -0.05) is 13.3 Å². The number of morpholine rings is 1. The van der Waals surface area contributed by atoms with Crippen molar-refractivity contribution in [2.75, 3.05) is 31.3 Å². The molecular formula is C20H30BF3N2O4. The van der Waals surface area contributed by atoms with E-state index in [0.717, 1.165) is 12.8 Å². The zero-order chi connectivity index (χ0) is 22.2. The van der Waals surface area contributed by atoms with Gasteiger partial charge in [-0.3, -0.25) is 0 Å². The number of unbranched alkanes of at least 4 members (excludes halogenated alkanes) is 1. The van der Waals surface area contributed by atoms with Crippen LogP contribution in [0.5, 0.6) is 5.75 Å². The van der Waals surface area contributed by atoms with Crippen LogP contribution in [0.15, 0.2) is 12.3 Å². The number of pyridine rings is 1. The van der Waals surface area contributed by atoms with Crippen molar-refractivity contribution in [3.05, 3.63) is 12.3 Å². The van der Waals surface area contributed by atoms with Crippen LogP contribution in [-0.2, 0) is 14.0 Å². The van der Waals surface area contributed by atoms with Crippen molar-refractivity contribution in [3.63, 3.8) is 0 Å². The molecule has 2 aliphatic rings. The highest BCUT2D eigenvalue weighted by atomic mass is 19.4. The Morgan fingerprint density at radius 3 is 2.50 bits per heavy atom. The molecule has 30 heavy (non-hydrogen) atoms. The van der Waals surface area contributed by atoms with Crippen LogP contribution >= 0.6 is 0 Å². The summed E-state index contributed by atoms with van der Waals surface area (Å²) >= 11 is 0. The number of anilines is 1. The number of alkyl halides is 3.